The molecule has 0 aliphatic carbocycles. The standard InChI is InChI=1S/C30H29Cl2N5O2S/c1-4-15-40-30-35-29-33-19(3)26(28(38)34-25-8-6-5-7-18(25)2)27(37(29)36-30)21-10-12-22(13-11-21)39-17-20-9-14-23(31)24(32)16-20/h5-14,16,27H,4,15,17H2,1-3H3,(H,34,38)(H,33,35,36). The zero-order valence-corrected chi connectivity index (χ0v) is 24.7. The zero-order valence-electron chi connectivity index (χ0n) is 22.4. The molecule has 0 radical (unpaired) electrons. The van der Waals surface area contributed by atoms with Gasteiger partial charge in [0, 0.05) is 17.1 Å². The van der Waals surface area contributed by atoms with E-state index in [4.69, 9.17) is 38.0 Å². The smallest absolute Gasteiger partial charge is 0.255 e. The molecule has 4 aromatic rings. The van der Waals surface area contributed by atoms with E-state index in [1.165, 1.54) is 0 Å². The van der Waals surface area contributed by atoms with Crippen molar-refractivity contribution in [2.24, 2.45) is 0 Å². The average molecular weight is 595 g/mol. The Morgan fingerprint density at radius 3 is 2.58 bits per heavy atom. The quantitative estimate of drug-likeness (QED) is 0.192. The van der Waals surface area contributed by atoms with Crippen molar-refractivity contribution in [1.29, 1.82) is 0 Å². The van der Waals surface area contributed by atoms with Gasteiger partial charge in [-0.05, 0) is 67.3 Å². The Morgan fingerprint density at radius 1 is 1.07 bits per heavy atom. The average Bonchev–Trinajstić information content (AvgIpc) is 3.35. The lowest BCUT2D eigenvalue weighted by atomic mass is 9.95. The fourth-order valence-corrected chi connectivity index (χ4v) is 5.44. The Morgan fingerprint density at radius 2 is 1.85 bits per heavy atom. The molecule has 2 N–H and O–H groups in total. The van der Waals surface area contributed by atoms with Crippen molar-refractivity contribution in [3.8, 4) is 5.75 Å². The molecule has 5 rings (SSSR count). The van der Waals surface area contributed by atoms with Gasteiger partial charge in [0.1, 0.15) is 18.4 Å². The molecule has 1 amide bonds. The summed E-state index contributed by atoms with van der Waals surface area (Å²) in [7, 11) is 0. The minimum atomic E-state index is -0.479. The Kier molecular flexibility index (Phi) is 8.69. The fraction of sp³-hybridized carbons (Fsp3) is 0.233. The van der Waals surface area contributed by atoms with E-state index < -0.39 is 6.04 Å². The first-order valence-corrected chi connectivity index (χ1v) is 14.7. The SMILES string of the molecule is CCCSc1nc2n(n1)C(c1ccc(OCc3ccc(Cl)c(Cl)c3)cc1)C(C(=O)Nc1ccccc1C)=C(C)N2. The molecule has 0 spiro atoms. The van der Waals surface area contributed by atoms with Crippen molar-refractivity contribution in [2.75, 3.05) is 16.4 Å². The maximum Gasteiger partial charge on any atom is 0.255 e. The molecule has 0 fully saturated rings. The number of fused-ring (bicyclic) bond motifs is 1. The molecule has 0 saturated heterocycles. The normalized spacial score (nSPS) is 14.5. The molecule has 206 valence electrons. The summed E-state index contributed by atoms with van der Waals surface area (Å²) in [6, 6.07) is 20.4. The number of carbonyl (C=O) groups is 1. The molecular formula is C30H29Cl2N5O2S. The van der Waals surface area contributed by atoms with Crippen LogP contribution in [0.5, 0.6) is 5.75 Å². The van der Waals surface area contributed by atoms with Gasteiger partial charge in [0.2, 0.25) is 11.1 Å². The summed E-state index contributed by atoms with van der Waals surface area (Å²) in [6.07, 6.45) is 1.01. The molecule has 1 aliphatic heterocycles. The third-order valence-electron chi connectivity index (χ3n) is 6.49. The topological polar surface area (TPSA) is 81.1 Å². The van der Waals surface area contributed by atoms with Crippen LogP contribution < -0.4 is 15.4 Å². The molecule has 2 heterocycles. The largest absolute Gasteiger partial charge is 0.489 e. The number of allylic oxidation sites excluding steroid dienone is 1. The predicted octanol–water partition coefficient (Wildman–Crippen LogP) is 7.90. The van der Waals surface area contributed by atoms with E-state index in [1.807, 2.05) is 68.4 Å². The summed E-state index contributed by atoms with van der Waals surface area (Å²) in [6.45, 7) is 6.33. The van der Waals surface area contributed by atoms with E-state index in [2.05, 4.69) is 17.6 Å². The molecular weight excluding hydrogens is 565 g/mol. The van der Waals surface area contributed by atoms with Crippen LogP contribution in [-0.2, 0) is 11.4 Å². The number of thioether (sulfide) groups is 1. The van der Waals surface area contributed by atoms with E-state index in [1.54, 1.807) is 28.6 Å². The van der Waals surface area contributed by atoms with Crippen LogP contribution in [0.4, 0.5) is 11.6 Å². The first-order chi connectivity index (χ1) is 19.3. The highest BCUT2D eigenvalue weighted by atomic mass is 35.5. The molecule has 0 saturated carbocycles. The fourth-order valence-electron chi connectivity index (χ4n) is 4.43. The van der Waals surface area contributed by atoms with Gasteiger partial charge in [0.25, 0.3) is 5.91 Å². The summed E-state index contributed by atoms with van der Waals surface area (Å²) in [5.41, 5.74) is 4.84. The number of halogens is 2. The van der Waals surface area contributed by atoms with Gasteiger partial charge in [-0.2, -0.15) is 4.98 Å². The van der Waals surface area contributed by atoms with Crippen molar-refractivity contribution in [3.63, 3.8) is 0 Å². The molecule has 3 aromatic carbocycles. The van der Waals surface area contributed by atoms with Gasteiger partial charge in [-0.25, -0.2) is 4.68 Å². The zero-order chi connectivity index (χ0) is 28.2. The highest BCUT2D eigenvalue weighted by molar-refractivity contribution is 7.99. The Hall–Kier alpha value is -3.46. The lowest BCUT2D eigenvalue weighted by molar-refractivity contribution is -0.113. The van der Waals surface area contributed by atoms with Crippen molar-refractivity contribution < 1.29 is 9.53 Å². The highest BCUT2D eigenvalue weighted by Crippen LogP contribution is 2.37. The number of hydrogen-bond acceptors (Lipinski definition) is 6. The molecule has 10 heteroatoms. The number of para-hydroxylation sites is 1. The van der Waals surface area contributed by atoms with E-state index in [0.717, 1.165) is 40.2 Å². The monoisotopic (exact) mass is 593 g/mol. The van der Waals surface area contributed by atoms with Crippen LogP contribution in [0, 0.1) is 6.92 Å². The second kappa shape index (κ2) is 12.4. The summed E-state index contributed by atoms with van der Waals surface area (Å²) < 4.78 is 7.79. The van der Waals surface area contributed by atoms with Crippen LogP contribution in [0.15, 0.2) is 83.2 Å². The van der Waals surface area contributed by atoms with Crippen molar-refractivity contribution in [1.82, 2.24) is 14.8 Å². The van der Waals surface area contributed by atoms with Crippen LogP contribution in [0.1, 0.15) is 43.0 Å². The van der Waals surface area contributed by atoms with Gasteiger partial charge in [0.05, 0.1) is 15.6 Å². The number of rotatable bonds is 9. The summed E-state index contributed by atoms with van der Waals surface area (Å²) >= 11 is 13.8. The number of anilines is 2. The molecule has 7 nitrogen and oxygen atoms in total. The molecule has 40 heavy (non-hydrogen) atoms. The second-order valence-corrected chi connectivity index (χ2v) is 11.3. The Balaban J connectivity index is 1.45. The van der Waals surface area contributed by atoms with E-state index in [0.29, 0.717) is 39.1 Å². The predicted molar refractivity (Wildman–Crippen MR) is 163 cm³/mol. The third-order valence-corrected chi connectivity index (χ3v) is 8.27. The first kappa shape index (κ1) is 28.1. The van der Waals surface area contributed by atoms with E-state index in [9.17, 15) is 4.79 Å². The molecule has 1 aromatic heterocycles. The number of aryl methyl sites for hydroxylation is 1. The van der Waals surface area contributed by atoms with Crippen LogP contribution in [-0.4, -0.2) is 26.4 Å². The van der Waals surface area contributed by atoms with Crippen molar-refractivity contribution in [3.05, 3.63) is 105 Å². The van der Waals surface area contributed by atoms with Crippen LogP contribution in [0.25, 0.3) is 0 Å². The number of nitrogens with one attached hydrogen (secondary N) is 2. The van der Waals surface area contributed by atoms with Crippen molar-refractivity contribution in [2.45, 2.75) is 45.0 Å². The van der Waals surface area contributed by atoms with E-state index >= 15 is 0 Å². The lowest BCUT2D eigenvalue weighted by Gasteiger charge is -2.29. The number of benzene rings is 3. The van der Waals surface area contributed by atoms with E-state index in [-0.39, 0.29) is 5.91 Å². The van der Waals surface area contributed by atoms with Gasteiger partial charge in [-0.15, -0.1) is 5.10 Å². The molecule has 1 aliphatic rings. The van der Waals surface area contributed by atoms with Gasteiger partial charge >= 0.3 is 0 Å². The minimum absolute atomic E-state index is 0.201. The van der Waals surface area contributed by atoms with Crippen molar-refractivity contribution >= 4 is 52.5 Å². The van der Waals surface area contributed by atoms with Gasteiger partial charge in [-0.3, -0.25) is 4.79 Å². The lowest BCUT2D eigenvalue weighted by Crippen LogP contribution is -2.31. The highest BCUT2D eigenvalue weighted by Gasteiger charge is 2.34. The minimum Gasteiger partial charge on any atom is -0.489 e. The van der Waals surface area contributed by atoms with Crippen LogP contribution in [0.2, 0.25) is 10.0 Å². The van der Waals surface area contributed by atoms with Gasteiger partial charge in [0.15, 0.2) is 0 Å². The summed E-state index contributed by atoms with van der Waals surface area (Å²) in [4.78, 5) is 18.5. The molecule has 1 atom stereocenters. The second-order valence-electron chi connectivity index (χ2n) is 9.45. The molecule has 0 bridgehead atoms. The summed E-state index contributed by atoms with van der Waals surface area (Å²) in [5.74, 6) is 2.00. The van der Waals surface area contributed by atoms with Gasteiger partial charge < -0.3 is 15.4 Å². The Labute approximate surface area is 247 Å². The number of nitrogens with zero attached hydrogens (tertiary/aromatic N) is 3. The summed E-state index contributed by atoms with van der Waals surface area (Å²) in [5, 5.41) is 12.8. The number of aromatic nitrogens is 3. The Bertz CT molecular complexity index is 1570. The van der Waals surface area contributed by atoms with Gasteiger partial charge in [-0.1, -0.05) is 78.3 Å². The number of hydrogen-bond donors (Lipinski definition) is 2. The molecule has 1 unspecified atom stereocenters. The van der Waals surface area contributed by atoms with Crippen LogP contribution >= 0.6 is 35.0 Å². The first-order valence-electron chi connectivity index (χ1n) is 12.9. The maximum absolute atomic E-state index is 13.8. The number of carbonyl (C=O) groups excluding carboxylic acids is 1. The number of ether oxygens (including phenoxy) is 1. The third kappa shape index (κ3) is 6.14. The number of amides is 1. The van der Waals surface area contributed by atoms with Crippen LogP contribution in [0.3, 0.4) is 0 Å². The maximum atomic E-state index is 13.8.